The van der Waals surface area contributed by atoms with Gasteiger partial charge in [0, 0.05) is 16.5 Å². The monoisotopic (exact) mass is 239 g/mol. The highest BCUT2D eigenvalue weighted by molar-refractivity contribution is 7.99. The normalized spacial score (nSPS) is 10.5. The summed E-state index contributed by atoms with van der Waals surface area (Å²) in [5, 5.41) is 2.62. The van der Waals surface area contributed by atoms with Crippen molar-refractivity contribution in [3.05, 3.63) is 35.6 Å². The van der Waals surface area contributed by atoms with Crippen LogP contribution in [-0.2, 0) is 0 Å². The quantitative estimate of drug-likeness (QED) is 0.749. The van der Waals surface area contributed by atoms with Gasteiger partial charge in [0.05, 0.1) is 5.56 Å². The Morgan fingerprint density at radius 2 is 2.33 bits per heavy atom. The molecule has 1 aromatic heterocycles. The van der Waals surface area contributed by atoms with Gasteiger partial charge in [-0.25, -0.2) is 9.37 Å². The van der Waals surface area contributed by atoms with Crippen molar-refractivity contribution in [2.75, 3.05) is 5.75 Å². The molecule has 1 heterocycles. The summed E-state index contributed by atoms with van der Waals surface area (Å²) in [7, 11) is 0. The van der Waals surface area contributed by atoms with Crippen LogP contribution in [0.4, 0.5) is 4.39 Å². The van der Waals surface area contributed by atoms with Gasteiger partial charge in [0.2, 0.25) is 0 Å². The second kappa shape index (κ2) is 4.77. The van der Waals surface area contributed by atoms with E-state index in [0.29, 0.717) is 5.56 Å². The van der Waals surface area contributed by atoms with Gasteiger partial charge in [0.1, 0.15) is 10.8 Å². The molecule has 1 nitrogen and oxygen atoms in total. The summed E-state index contributed by atoms with van der Waals surface area (Å²) in [6.07, 6.45) is 1.70. The van der Waals surface area contributed by atoms with Crippen LogP contribution in [0.3, 0.4) is 0 Å². The van der Waals surface area contributed by atoms with Gasteiger partial charge in [-0.3, -0.25) is 0 Å². The molecular formula is C11H10FNS2. The van der Waals surface area contributed by atoms with E-state index >= 15 is 0 Å². The predicted octanol–water partition coefficient (Wildman–Crippen LogP) is 4.06. The highest BCUT2D eigenvalue weighted by atomic mass is 32.2. The van der Waals surface area contributed by atoms with Crippen molar-refractivity contribution >= 4 is 23.1 Å². The zero-order valence-electron chi connectivity index (χ0n) is 8.24. The van der Waals surface area contributed by atoms with Crippen LogP contribution in [-0.4, -0.2) is 10.7 Å². The maximum absolute atomic E-state index is 13.7. The minimum Gasteiger partial charge on any atom is -0.244 e. The fourth-order valence-electron chi connectivity index (χ4n) is 1.33. The number of thioether (sulfide) groups is 1. The van der Waals surface area contributed by atoms with Crippen molar-refractivity contribution in [1.29, 1.82) is 0 Å². The Labute approximate surface area is 96.4 Å². The molecule has 0 N–H and O–H groups in total. The number of thiazole rings is 1. The Morgan fingerprint density at radius 3 is 3.00 bits per heavy atom. The first kappa shape index (κ1) is 10.6. The van der Waals surface area contributed by atoms with E-state index in [9.17, 15) is 4.39 Å². The Hall–Kier alpha value is -0.870. The molecule has 4 heteroatoms. The van der Waals surface area contributed by atoms with E-state index in [1.807, 2.05) is 11.4 Å². The lowest BCUT2D eigenvalue weighted by Gasteiger charge is -2.06. The fraction of sp³-hybridized carbons (Fsp3) is 0.182. The highest BCUT2D eigenvalue weighted by Crippen LogP contribution is 2.34. The highest BCUT2D eigenvalue weighted by Gasteiger charge is 2.12. The lowest BCUT2D eigenvalue weighted by atomic mass is 10.2. The molecule has 0 saturated heterocycles. The van der Waals surface area contributed by atoms with E-state index in [4.69, 9.17) is 0 Å². The lowest BCUT2D eigenvalue weighted by Crippen LogP contribution is -1.87. The van der Waals surface area contributed by atoms with E-state index in [-0.39, 0.29) is 5.82 Å². The van der Waals surface area contributed by atoms with Gasteiger partial charge in [-0.2, -0.15) is 0 Å². The average molecular weight is 239 g/mol. The van der Waals surface area contributed by atoms with Gasteiger partial charge < -0.3 is 0 Å². The van der Waals surface area contributed by atoms with Crippen molar-refractivity contribution in [2.24, 2.45) is 0 Å². The van der Waals surface area contributed by atoms with Gasteiger partial charge in [-0.1, -0.05) is 13.0 Å². The molecule has 0 unspecified atom stereocenters. The molecule has 0 bridgehead atoms. The van der Waals surface area contributed by atoms with Gasteiger partial charge in [0.15, 0.2) is 0 Å². The number of benzene rings is 1. The molecule has 15 heavy (non-hydrogen) atoms. The summed E-state index contributed by atoms with van der Waals surface area (Å²) in [6, 6.07) is 5.16. The second-order valence-corrected chi connectivity index (χ2v) is 5.08. The first-order valence-electron chi connectivity index (χ1n) is 4.64. The van der Waals surface area contributed by atoms with Crippen molar-refractivity contribution in [3.8, 4) is 10.6 Å². The molecule has 0 aliphatic rings. The standard InChI is InChI=1S/C11H10FNS2/c1-2-14-9-5-3-4-8(12)10(9)11-13-6-7-15-11/h3-7H,2H2,1H3. The van der Waals surface area contributed by atoms with Crippen LogP contribution in [0.15, 0.2) is 34.7 Å². The molecule has 78 valence electrons. The van der Waals surface area contributed by atoms with Gasteiger partial charge >= 0.3 is 0 Å². The Balaban J connectivity index is 2.52. The average Bonchev–Trinajstić information content (AvgIpc) is 2.71. The molecule has 0 aliphatic heterocycles. The molecule has 0 aliphatic carbocycles. The SMILES string of the molecule is CCSc1cccc(F)c1-c1nccs1. The van der Waals surface area contributed by atoms with E-state index in [0.717, 1.165) is 15.7 Å². The molecule has 0 amide bonds. The Bertz CT molecular complexity index is 440. The number of hydrogen-bond acceptors (Lipinski definition) is 3. The molecule has 0 atom stereocenters. The number of aromatic nitrogens is 1. The molecule has 0 saturated carbocycles. The van der Waals surface area contributed by atoms with Crippen LogP contribution in [0.2, 0.25) is 0 Å². The van der Waals surface area contributed by atoms with Crippen LogP contribution in [0.1, 0.15) is 6.92 Å². The lowest BCUT2D eigenvalue weighted by molar-refractivity contribution is 0.628. The molecule has 0 fully saturated rings. The number of nitrogens with zero attached hydrogens (tertiary/aromatic N) is 1. The third-order valence-corrected chi connectivity index (χ3v) is 3.65. The maximum atomic E-state index is 13.7. The van der Waals surface area contributed by atoms with Crippen molar-refractivity contribution < 1.29 is 4.39 Å². The van der Waals surface area contributed by atoms with Crippen molar-refractivity contribution in [3.63, 3.8) is 0 Å². The summed E-state index contributed by atoms with van der Waals surface area (Å²) >= 11 is 3.11. The van der Waals surface area contributed by atoms with Gasteiger partial charge in [-0.05, 0) is 17.9 Å². The number of halogens is 1. The Morgan fingerprint density at radius 1 is 1.47 bits per heavy atom. The number of rotatable bonds is 3. The van der Waals surface area contributed by atoms with Crippen LogP contribution >= 0.6 is 23.1 Å². The Kier molecular flexibility index (Phi) is 3.38. The third-order valence-electron chi connectivity index (χ3n) is 1.92. The molecule has 0 radical (unpaired) electrons. The summed E-state index contributed by atoms with van der Waals surface area (Å²) in [4.78, 5) is 5.12. The van der Waals surface area contributed by atoms with E-state index < -0.39 is 0 Å². The molecular weight excluding hydrogens is 229 g/mol. The van der Waals surface area contributed by atoms with Gasteiger partial charge in [-0.15, -0.1) is 23.1 Å². The summed E-state index contributed by atoms with van der Waals surface area (Å²) in [6.45, 7) is 2.06. The summed E-state index contributed by atoms with van der Waals surface area (Å²) < 4.78 is 13.7. The van der Waals surface area contributed by atoms with Crippen LogP contribution in [0.25, 0.3) is 10.6 Å². The van der Waals surface area contributed by atoms with Crippen LogP contribution in [0, 0.1) is 5.82 Å². The first-order valence-corrected chi connectivity index (χ1v) is 6.50. The second-order valence-electron chi connectivity index (χ2n) is 2.88. The minimum absolute atomic E-state index is 0.191. The van der Waals surface area contributed by atoms with E-state index in [1.165, 1.54) is 17.4 Å². The zero-order valence-corrected chi connectivity index (χ0v) is 9.87. The smallest absolute Gasteiger partial charge is 0.134 e. The molecule has 2 aromatic rings. The largest absolute Gasteiger partial charge is 0.244 e. The maximum Gasteiger partial charge on any atom is 0.134 e. The summed E-state index contributed by atoms with van der Waals surface area (Å²) in [5.74, 6) is 0.741. The number of hydrogen-bond donors (Lipinski definition) is 0. The van der Waals surface area contributed by atoms with Crippen molar-refractivity contribution in [2.45, 2.75) is 11.8 Å². The third kappa shape index (κ3) is 2.21. The molecule has 1 aromatic carbocycles. The fourth-order valence-corrected chi connectivity index (χ4v) is 2.92. The zero-order chi connectivity index (χ0) is 10.7. The predicted molar refractivity (Wildman–Crippen MR) is 63.9 cm³/mol. The van der Waals surface area contributed by atoms with E-state index in [1.54, 1.807) is 24.0 Å². The van der Waals surface area contributed by atoms with E-state index in [2.05, 4.69) is 11.9 Å². The summed E-state index contributed by atoms with van der Waals surface area (Å²) in [5.41, 5.74) is 0.638. The molecule has 2 rings (SSSR count). The van der Waals surface area contributed by atoms with Gasteiger partial charge in [0.25, 0.3) is 0 Å². The van der Waals surface area contributed by atoms with Crippen LogP contribution < -0.4 is 0 Å². The first-order chi connectivity index (χ1) is 7.33. The molecule has 0 spiro atoms. The van der Waals surface area contributed by atoms with Crippen molar-refractivity contribution in [1.82, 2.24) is 4.98 Å². The van der Waals surface area contributed by atoms with Crippen LogP contribution in [0.5, 0.6) is 0 Å². The minimum atomic E-state index is -0.191. The topological polar surface area (TPSA) is 12.9 Å².